The van der Waals surface area contributed by atoms with Crippen LogP contribution in [0.3, 0.4) is 0 Å². The zero-order chi connectivity index (χ0) is 25.7. The van der Waals surface area contributed by atoms with E-state index in [1.54, 1.807) is 18.2 Å². The summed E-state index contributed by atoms with van der Waals surface area (Å²) in [4.78, 5) is 13.5. The molecule has 0 bridgehead atoms. The number of hydrogen-bond donors (Lipinski definition) is 1. The summed E-state index contributed by atoms with van der Waals surface area (Å²) in [7, 11) is -4.04. The van der Waals surface area contributed by atoms with Crippen LogP contribution in [0.5, 0.6) is 0 Å². The lowest BCUT2D eigenvalue weighted by atomic mass is 9.95. The highest BCUT2D eigenvalue weighted by atomic mass is 35.5. The summed E-state index contributed by atoms with van der Waals surface area (Å²) in [5.41, 5.74) is 4.16. The van der Waals surface area contributed by atoms with Gasteiger partial charge in [-0.3, -0.25) is 9.10 Å². The van der Waals surface area contributed by atoms with Gasteiger partial charge in [0.2, 0.25) is 5.91 Å². The third kappa shape index (κ3) is 5.78. The highest BCUT2D eigenvalue weighted by Crippen LogP contribution is 2.27. The predicted molar refractivity (Wildman–Crippen MR) is 145 cm³/mol. The number of nitrogens with zero attached hydrogens (tertiary/aromatic N) is 1. The van der Waals surface area contributed by atoms with Gasteiger partial charge in [0.25, 0.3) is 10.0 Å². The van der Waals surface area contributed by atoms with Crippen molar-refractivity contribution in [3.63, 3.8) is 0 Å². The van der Waals surface area contributed by atoms with Crippen LogP contribution in [0, 0.1) is 13.8 Å². The zero-order valence-corrected chi connectivity index (χ0v) is 21.6. The summed E-state index contributed by atoms with van der Waals surface area (Å²) >= 11 is 5.98. The molecule has 0 spiro atoms. The number of carbonyl (C=O) groups excluding carboxylic acids is 1. The first-order chi connectivity index (χ1) is 17.3. The number of hydrogen-bond acceptors (Lipinski definition) is 3. The van der Waals surface area contributed by atoms with Gasteiger partial charge in [-0.1, -0.05) is 78.3 Å². The van der Waals surface area contributed by atoms with E-state index >= 15 is 0 Å². The predicted octanol–water partition coefficient (Wildman–Crippen LogP) is 6.06. The first kappa shape index (κ1) is 25.5. The van der Waals surface area contributed by atoms with Gasteiger partial charge in [-0.05, 0) is 72.5 Å². The molecule has 4 aromatic carbocycles. The van der Waals surface area contributed by atoms with Crippen molar-refractivity contribution in [1.29, 1.82) is 0 Å². The highest BCUT2D eigenvalue weighted by molar-refractivity contribution is 7.92. The first-order valence-corrected chi connectivity index (χ1v) is 13.3. The molecular weight excluding hydrogens is 492 g/mol. The molecule has 5 nitrogen and oxygen atoms in total. The summed E-state index contributed by atoms with van der Waals surface area (Å²) < 4.78 is 28.5. The van der Waals surface area contributed by atoms with Crippen LogP contribution < -0.4 is 9.62 Å². The molecule has 4 aromatic rings. The van der Waals surface area contributed by atoms with Gasteiger partial charge in [0.15, 0.2) is 0 Å². The maximum absolute atomic E-state index is 13.7. The molecular formula is C29H27ClN2O3S. The van der Waals surface area contributed by atoms with E-state index in [2.05, 4.69) is 5.32 Å². The normalized spacial score (nSPS) is 12.1. The lowest BCUT2D eigenvalue weighted by Crippen LogP contribution is -2.42. The van der Waals surface area contributed by atoms with Gasteiger partial charge >= 0.3 is 0 Å². The Hall–Kier alpha value is -3.61. The molecule has 0 radical (unpaired) electrons. The molecule has 184 valence electrons. The molecule has 1 unspecified atom stereocenters. The van der Waals surface area contributed by atoms with Crippen LogP contribution in [0.15, 0.2) is 108 Å². The minimum atomic E-state index is -4.04. The average Bonchev–Trinajstić information content (AvgIpc) is 2.87. The standard InChI is InChI=1S/C29H27ClN2O3S/c1-21-9-8-13-25(19-21)32(36(34,35)26-17-15-24(30)16-18-26)20-28(33)31-29(23-11-4-3-5-12-23)27-14-7-6-10-22(27)2/h3-19,29H,20H2,1-2H3,(H,31,33). The Labute approximate surface area is 217 Å². The largest absolute Gasteiger partial charge is 0.344 e. The smallest absolute Gasteiger partial charge is 0.264 e. The molecule has 0 saturated carbocycles. The monoisotopic (exact) mass is 518 g/mol. The molecule has 0 aliphatic carbocycles. The number of aryl methyl sites for hydroxylation is 2. The van der Waals surface area contributed by atoms with Crippen molar-refractivity contribution in [2.75, 3.05) is 10.8 Å². The molecule has 1 atom stereocenters. The second-order valence-electron chi connectivity index (χ2n) is 8.57. The van der Waals surface area contributed by atoms with E-state index in [9.17, 15) is 13.2 Å². The molecule has 36 heavy (non-hydrogen) atoms. The molecule has 7 heteroatoms. The number of sulfonamides is 1. The van der Waals surface area contributed by atoms with Crippen LogP contribution >= 0.6 is 11.6 Å². The van der Waals surface area contributed by atoms with E-state index in [1.807, 2.05) is 74.5 Å². The topological polar surface area (TPSA) is 66.5 Å². The number of carbonyl (C=O) groups is 1. The Bertz CT molecular complexity index is 1460. The van der Waals surface area contributed by atoms with E-state index in [0.717, 1.165) is 26.6 Å². The van der Waals surface area contributed by atoms with Crippen molar-refractivity contribution < 1.29 is 13.2 Å². The Kier molecular flexibility index (Phi) is 7.77. The minimum absolute atomic E-state index is 0.0553. The summed E-state index contributed by atoms with van der Waals surface area (Å²) in [5.74, 6) is -0.425. The Balaban J connectivity index is 1.70. The molecule has 1 N–H and O–H groups in total. The fourth-order valence-corrected chi connectivity index (χ4v) is 5.60. The summed E-state index contributed by atoms with van der Waals surface area (Å²) in [6.45, 7) is 3.48. The van der Waals surface area contributed by atoms with Gasteiger partial charge in [-0.2, -0.15) is 0 Å². The quantitative estimate of drug-likeness (QED) is 0.308. The van der Waals surface area contributed by atoms with Crippen LogP contribution in [-0.2, 0) is 14.8 Å². The van der Waals surface area contributed by atoms with Gasteiger partial charge in [-0.15, -0.1) is 0 Å². The molecule has 0 aliphatic rings. The van der Waals surface area contributed by atoms with Crippen molar-refractivity contribution in [3.8, 4) is 0 Å². The van der Waals surface area contributed by atoms with Gasteiger partial charge < -0.3 is 5.32 Å². The Morgan fingerprint density at radius 1 is 0.861 bits per heavy atom. The third-order valence-corrected chi connectivity index (χ3v) is 7.96. The van der Waals surface area contributed by atoms with Gasteiger partial charge in [0.05, 0.1) is 16.6 Å². The van der Waals surface area contributed by atoms with Crippen molar-refractivity contribution in [3.05, 3.63) is 130 Å². The lowest BCUT2D eigenvalue weighted by molar-refractivity contribution is -0.120. The molecule has 0 fully saturated rings. The second kappa shape index (κ2) is 11.0. The number of nitrogens with one attached hydrogen (secondary N) is 1. The SMILES string of the molecule is Cc1cccc(N(CC(=O)NC(c2ccccc2)c2ccccc2C)S(=O)(=O)c2ccc(Cl)cc2)c1. The fourth-order valence-electron chi connectivity index (χ4n) is 4.07. The highest BCUT2D eigenvalue weighted by Gasteiger charge is 2.29. The third-order valence-electron chi connectivity index (χ3n) is 5.92. The average molecular weight is 519 g/mol. The van der Waals surface area contributed by atoms with Gasteiger partial charge in [0.1, 0.15) is 6.54 Å². The molecule has 0 aromatic heterocycles. The maximum atomic E-state index is 13.7. The maximum Gasteiger partial charge on any atom is 0.264 e. The van der Waals surface area contributed by atoms with Crippen LogP contribution in [0.1, 0.15) is 28.3 Å². The van der Waals surface area contributed by atoms with E-state index < -0.39 is 22.0 Å². The molecule has 0 aliphatic heterocycles. The Morgan fingerprint density at radius 2 is 1.53 bits per heavy atom. The van der Waals surface area contributed by atoms with Gasteiger partial charge in [-0.25, -0.2) is 8.42 Å². The number of anilines is 1. The van der Waals surface area contributed by atoms with Crippen molar-refractivity contribution >= 4 is 33.2 Å². The van der Waals surface area contributed by atoms with E-state index in [4.69, 9.17) is 11.6 Å². The molecule has 0 heterocycles. The Morgan fingerprint density at radius 3 is 2.19 bits per heavy atom. The van der Waals surface area contributed by atoms with Crippen molar-refractivity contribution in [2.24, 2.45) is 0 Å². The van der Waals surface area contributed by atoms with Crippen LogP contribution in [-0.4, -0.2) is 20.9 Å². The van der Waals surface area contributed by atoms with E-state index in [-0.39, 0.29) is 11.4 Å². The molecule has 1 amide bonds. The van der Waals surface area contributed by atoms with Crippen LogP contribution in [0.4, 0.5) is 5.69 Å². The summed E-state index contributed by atoms with van der Waals surface area (Å²) in [6.07, 6.45) is 0. The van der Waals surface area contributed by atoms with E-state index in [0.29, 0.717) is 10.7 Å². The summed E-state index contributed by atoms with van der Waals surface area (Å²) in [6, 6.07) is 30.0. The van der Waals surface area contributed by atoms with E-state index in [1.165, 1.54) is 24.3 Å². The number of benzene rings is 4. The fraction of sp³-hybridized carbons (Fsp3) is 0.138. The van der Waals surface area contributed by atoms with Crippen LogP contribution in [0.25, 0.3) is 0 Å². The first-order valence-electron chi connectivity index (χ1n) is 11.5. The molecule has 4 rings (SSSR count). The van der Waals surface area contributed by atoms with Crippen molar-refractivity contribution in [1.82, 2.24) is 5.32 Å². The van der Waals surface area contributed by atoms with Crippen molar-refractivity contribution in [2.45, 2.75) is 24.8 Å². The number of amides is 1. The number of halogens is 1. The summed E-state index contributed by atoms with van der Waals surface area (Å²) in [5, 5.41) is 3.50. The lowest BCUT2D eigenvalue weighted by Gasteiger charge is -2.27. The minimum Gasteiger partial charge on any atom is -0.344 e. The van der Waals surface area contributed by atoms with Crippen LogP contribution in [0.2, 0.25) is 5.02 Å². The zero-order valence-electron chi connectivity index (χ0n) is 20.1. The second-order valence-corrected chi connectivity index (χ2v) is 10.9. The number of rotatable bonds is 8. The molecule has 0 saturated heterocycles. The van der Waals surface area contributed by atoms with Gasteiger partial charge in [0, 0.05) is 5.02 Å².